The molecule has 0 aliphatic heterocycles. The summed E-state index contributed by atoms with van der Waals surface area (Å²) >= 11 is 0. The van der Waals surface area contributed by atoms with Crippen molar-refractivity contribution < 1.29 is 0 Å². The molecular weight excluding hydrogens is 683 g/mol. The van der Waals surface area contributed by atoms with Crippen LogP contribution in [0.3, 0.4) is 0 Å². The van der Waals surface area contributed by atoms with Gasteiger partial charge >= 0.3 is 0 Å². The summed E-state index contributed by atoms with van der Waals surface area (Å²) in [7, 11) is 0. The van der Waals surface area contributed by atoms with Gasteiger partial charge in [-0.2, -0.15) is 9.97 Å². The number of para-hydroxylation sites is 1. The second-order valence-corrected chi connectivity index (χ2v) is 14.2. The molecule has 3 heterocycles. The minimum absolute atomic E-state index is 0.502. The van der Waals surface area contributed by atoms with Crippen molar-refractivity contribution in [3.8, 4) is 51.0 Å². The van der Waals surface area contributed by atoms with Gasteiger partial charge < -0.3 is 0 Å². The number of aromatic nitrogens is 5. The molecule has 5 heteroatoms. The molecule has 5 nitrogen and oxygen atoms in total. The molecule has 1 aliphatic carbocycles. The number of pyridine rings is 1. The van der Waals surface area contributed by atoms with Crippen LogP contribution in [-0.2, 0) is 5.41 Å². The smallest absolute Gasteiger partial charge is 0.238 e. The van der Waals surface area contributed by atoms with Crippen molar-refractivity contribution in [1.82, 2.24) is 24.5 Å². The van der Waals surface area contributed by atoms with E-state index in [4.69, 9.17) is 15.0 Å². The van der Waals surface area contributed by atoms with E-state index in [9.17, 15) is 0 Å². The second kappa shape index (κ2) is 12.8. The van der Waals surface area contributed by atoms with E-state index < -0.39 is 5.41 Å². The molecule has 0 fully saturated rings. The van der Waals surface area contributed by atoms with Crippen molar-refractivity contribution >= 4 is 21.8 Å². The lowest BCUT2D eigenvalue weighted by Crippen LogP contribution is -2.28. The van der Waals surface area contributed by atoms with Crippen LogP contribution in [0.5, 0.6) is 0 Å². The third-order valence-electron chi connectivity index (χ3n) is 11.3. The van der Waals surface area contributed by atoms with E-state index in [-0.39, 0.29) is 0 Å². The van der Waals surface area contributed by atoms with Gasteiger partial charge in [0.2, 0.25) is 5.95 Å². The summed E-state index contributed by atoms with van der Waals surface area (Å²) in [6.45, 7) is 0. The molecule has 1 atom stereocenters. The van der Waals surface area contributed by atoms with Gasteiger partial charge in [0, 0.05) is 34.3 Å². The lowest BCUT2D eigenvalue weighted by Gasteiger charge is -2.33. The molecule has 56 heavy (non-hydrogen) atoms. The highest BCUT2D eigenvalue weighted by molar-refractivity contribution is 6.11. The first-order chi connectivity index (χ1) is 27.8. The number of fused-ring (bicyclic) bond motifs is 6. The van der Waals surface area contributed by atoms with E-state index in [1.807, 2.05) is 73.1 Å². The predicted octanol–water partition coefficient (Wildman–Crippen LogP) is 11.7. The lowest BCUT2D eigenvalue weighted by atomic mass is 9.68. The second-order valence-electron chi connectivity index (χ2n) is 14.2. The Morgan fingerprint density at radius 3 is 1.70 bits per heavy atom. The normalized spacial score (nSPS) is 14.5. The van der Waals surface area contributed by atoms with Crippen molar-refractivity contribution in [2.24, 2.45) is 0 Å². The molecular formula is C51H33N5. The molecule has 7 aromatic carbocycles. The van der Waals surface area contributed by atoms with E-state index in [1.165, 1.54) is 38.9 Å². The van der Waals surface area contributed by atoms with Gasteiger partial charge in [-0.3, -0.25) is 9.55 Å². The maximum absolute atomic E-state index is 5.13. The first kappa shape index (κ1) is 32.0. The molecule has 10 aromatic rings. The van der Waals surface area contributed by atoms with Crippen LogP contribution in [0.25, 0.3) is 72.8 Å². The number of rotatable bonds is 6. The third kappa shape index (κ3) is 4.81. The van der Waals surface area contributed by atoms with E-state index in [1.54, 1.807) is 0 Å². The quantitative estimate of drug-likeness (QED) is 0.172. The van der Waals surface area contributed by atoms with Crippen LogP contribution in [0, 0.1) is 0 Å². The van der Waals surface area contributed by atoms with Gasteiger partial charge in [0.1, 0.15) is 0 Å². The van der Waals surface area contributed by atoms with Crippen molar-refractivity contribution in [3.05, 3.63) is 223 Å². The molecule has 3 aromatic heterocycles. The van der Waals surface area contributed by atoms with E-state index in [2.05, 4.69) is 137 Å². The highest BCUT2D eigenvalue weighted by Crippen LogP contribution is 2.58. The van der Waals surface area contributed by atoms with Crippen LogP contribution in [0.2, 0.25) is 0 Å². The van der Waals surface area contributed by atoms with Crippen LogP contribution in [0.1, 0.15) is 22.3 Å². The third-order valence-corrected chi connectivity index (χ3v) is 11.3. The Balaban J connectivity index is 1.15. The van der Waals surface area contributed by atoms with Crippen molar-refractivity contribution in [3.63, 3.8) is 0 Å². The first-order valence-corrected chi connectivity index (χ1v) is 18.9. The number of hydrogen-bond donors (Lipinski definition) is 0. The topological polar surface area (TPSA) is 56.5 Å². The zero-order chi connectivity index (χ0) is 37.1. The maximum atomic E-state index is 5.13. The molecule has 0 saturated carbocycles. The summed E-state index contributed by atoms with van der Waals surface area (Å²) in [6, 6.07) is 66.6. The average molecular weight is 716 g/mol. The summed E-state index contributed by atoms with van der Waals surface area (Å²) in [5.74, 6) is 1.84. The number of benzene rings is 7. The zero-order valence-corrected chi connectivity index (χ0v) is 30.3. The summed E-state index contributed by atoms with van der Waals surface area (Å²) < 4.78 is 2.18. The number of nitrogens with zero attached hydrogens (tertiary/aromatic N) is 5. The van der Waals surface area contributed by atoms with Crippen LogP contribution in [0.15, 0.2) is 200 Å². The maximum Gasteiger partial charge on any atom is 0.238 e. The molecule has 1 unspecified atom stereocenters. The molecule has 0 spiro atoms. The zero-order valence-electron chi connectivity index (χ0n) is 30.3. The van der Waals surface area contributed by atoms with Gasteiger partial charge in [0.15, 0.2) is 11.6 Å². The van der Waals surface area contributed by atoms with Crippen molar-refractivity contribution in [2.45, 2.75) is 5.41 Å². The Bertz CT molecular complexity index is 2970. The van der Waals surface area contributed by atoms with Crippen LogP contribution in [0.4, 0.5) is 0 Å². The van der Waals surface area contributed by atoms with Gasteiger partial charge in [-0.05, 0) is 74.8 Å². The van der Waals surface area contributed by atoms with Gasteiger partial charge in [-0.25, -0.2) is 4.98 Å². The monoisotopic (exact) mass is 715 g/mol. The van der Waals surface area contributed by atoms with Crippen LogP contribution >= 0.6 is 0 Å². The molecule has 11 rings (SSSR count). The predicted molar refractivity (Wildman–Crippen MR) is 226 cm³/mol. The fourth-order valence-corrected chi connectivity index (χ4v) is 8.90. The fraction of sp³-hybridized carbons (Fsp3) is 0.0196. The summed E-state index contributed by atoms with van der Waals surface area (Å²) in [5, 5.41) is 2.27. The SMILES string of the molecule is c1ccc(-c2nc(-c3ccccc3)nc(-n3c4ccccc4c4cc(-c5cccc6c5-c5ccccc5C6(c5ccccc5)c5ccncc5)ccc43)n2)cc1. The van der Waals surface area contributed by atoms with E-state index in [0.29, 0.717) is 17.6 Å². The number of hydrogen-bond acceptors (Lipinski definition) is 4. The Labute approximate surface area is 324 Å². The lowest BCUT2D eigenvalue weighted by molar-refractivity contribution is 0.766. The van der Waals surface area contributed by atoms with Crippen molar-refractivity contribution in [1.29, 1.82) is 0 Å². The summed E-state index contributed by atoms with van der Waals surface area (Å²) in [4.78, 5) is 19.7. The Kier molecular flexibility index (Phi) is 7.32. The van der Waals surface area contributed by atoms with Crippen LogP contribution in [-0.4, -0.2) is 24.5 Å². The Morgan fingerprint density at radius 2 is 0.964 bits per heavy atom. The first-order valence-electron chi connectivity index (χ1n) is 18.9. The van der Waals surface area contributed by atoms with Gasteiger partial charge in [0.25, 0.3) is 0 Å². The minimum atomic E-state index is -0.502. The average Bonchev–Trinajstić information content (AvgIpc) is 3.78. The highest BCUT2D eigenvalue weighted by atomic mass is 15.2. The van der Waals surface area contributed by atoms with E-state index >= 15 is 0 Å². The minimum Gasteiger partial charge on any atom is -0.278 e. The Hall–Kier alpha value is -7.50. The molecule has 0 radical (unpaired) electrons. The van der Waals surface area contributed by atoms with Crippen LogP contribution < -0.4 is 0 Å². The van der Waals surface area contributed by atoms with Crippen molar-refractivity contribution in [2.75, 3.05) is 0 Å². The van der Waals surface area contributed by atoms with Gasteiger partial charge in [-0.1, -0.05) is 158 Å². The molecule has 0 saturated heterocycles. The molecule has 1 aliphatic rings. The Morgan fingerprint density at radius 1 is 0.393 bits per heavy atom. The van der Waals surface area contributed by atoms with Gasteiger partial charge in [0.05, 0.1) is 16.4 Å². The standard InChI is InChI=1S/C51H33N5/c1-4-15-34(16-5-1)48-53-49(35-17-6-2-7-18-35)55-50(54-48)56-45-26-13-11-21-40(45)42-33-36(27-28-46(42)56)39-23-14-25-44-47(39)41-22-10-12-24-43(41)51(44,37-19-8-3-9-20-37)38-29-31-52-32-30-38/h1-33H. The molecule has 0 bridgehead atoms. The molecule has 0 amide bonds. The molecule has 0 N–H and O–H groups in total. The largest absolute Gasteiger partial charge is 0.278 e. The fourth-order valence-electron chi connectivity index (χ4n) is 8.90. The van der Waals surface area contributed by atoms with Gasteiger partial charge in [-0.15, -0.1) is 0 Å². The highest BCUT2D eigenvalue weighted by Gasteiger charge is 2.46. The summed E-state index contributed by atoms with van der Waals surface area (Å²) in [6.07, 6.45) is 3.82. The van der Waals surface area contributed by atoms with E-state index in [0.717, 1.165) is 38.5 Å². The molecule has 262 valence electrons. The summed E-state index contributed by atoms with van der Waals surface area (Å²) in [5.41, 5.74) is 13.2.